The summed E-state index contributed by atoms with van der Waals surface area (Å²) in [6.07, 6.45) is -0.696. The summed E-state index contributed by atoms with van der Waals surface area (Å²) in [5.41, 5.74) is 9.63. The zero-order valence-electron chi connectivity index (χ0n) is 11.9. The van der Waals surface area contributed by atoms with Gasteiger partial charge in [-0.15, -0.1) is 0 Å². The normalized spacial score (nSPS) is 12.8. The topological polar surface area (TPSA) is 59.4 Å². The van der Waals surface area contributed by atoms with Crippen molar-refractivity contribution in [1.82, 2.24) is 0 Å². The highest BCUT2D eigenvalue weighted by atomic mass is 16.3. The summed E-state index contributed by atoms with van der Waals surface area (Å²) in [4.78, 5) is 0. The molecule has 0 aliphatic rings. The molecule has 0 saturated heterocycles. The van der Waals surface area contributed by atoms with E-state index in [-0.39, 0.29) is 0 Å². The molecule has 22 heavy (non-hydrogen) atoms. The largest absolute Gasteiger partial charge is 0.456 e. The van der Waals surface area contributed by atoms with Crippen LogP contribution < -0.4 is 5.73 Å². The molecule has 0 unspecified atom stereocenters. The monoisotopic (exact) mass is 289 g/mol. The van der Waals surface area contributed by atoms with E-state index >= 15 is 0 Å². The number of anilines is 1. The number of hydrogen-bond acceptors (Lipinski definition) is 3. The molecule has 3 heteroatoms. The molecule has 1 aromatic heterocycles. The number of fused-ring (bicyclic) bond motifs is 3. The first kappa shape index (κ1) is 12.9. The summed E-state index contributed by atoms with van der Waals surface area (Å²) in [5.74, 6) is 0. The fourth-order valence-electron chi connectivity index (χ4n) is 2.78. The first-order valence-electron chi connectivity index (χ1n) is 7.17. The predicted octanol–water partition coefficient (Wildman–Crippen LogP) is 4.25. The molecule has 108 valence electrons. The lowest BCUT2D eigenvalue weighted by atomic mass is 10.00. The van der Waals surface area contributed by atoms with Crippen LogP contribution in [0.15, 0.2) is 71.1 Å². The zero-order chi connectivity index (χ0) is 15.1. The molecule has 0 aliphatic carbocycles. The maximum absolute atomic E-state index is 10.5. The highest BCUT2D eigenvalue weighted by Gasteiger charge is 2.13. The number of nitrogen functional groups attached to an aromatic ring is 1. The summed E-state index contributed by atoms with van der Waals surface area (Å²) in [5, 5.41) is 12.7. The van der Waals surface area contributed by atoms with Gasteiger partial charge in [-0.25, -0.2) is 0 Å². The number of para-hydroxylation sites is 1. The third-order valence-electron chi connectivity index (χ3n) is 3.97. The molecule has 4 aromatic rings. The number of hydrogen-bond donors (Lipinski definition) is 2. The maximum Gasteiger partial charge on any atom is 0.135 e. The van der Waals surface area contributed by atoms with E-state index in [2.05, 4.69) is 0 Å². The molecule has 0 bridgehead atoms. The standard InChI is InChI=1S/C19H15NO2/c20-14-8-5-12(6-9-14)19(21)13-7-10-16-15-3-1-2-4-17(15)22-18(16)11-13/h1-11,19,21H,20H2/t19-/m0/s1. The lowest BCUT2D eigenvalue weighted by Gasteiger charge is -2.11. The van der Waals surface area contributed by atoms with Crippen molar-refractivity contribution >= 4 is 27.6 Å². The summed E-state index contributed by atoms with van der Waals surface area (Å²) in [6, 6.07) is 21.0. The lowest BCUT2D eigenvalue weighted by molar-refractivity contribution is 0.220. The highest BCUT2D eigenvalue weighted by Crippen LogP contribution is 2.32. The molecule has 3 nitrogen and oxygen atoms in total. The van der Waals surface area contributed by atoms with E-state index in [1.54, 1.807) is 12.1 Å². The maximum atomic E-state index is 10.5. The summed E-state index contributed by atoms with van der Waals surface area (Å²) in [7, 11) is 0. The Labute approximate surface area is 127 Å². The van der Waals surface area contributed by atoms with Gasteiger partial charge in [0.1, 0.15) is 17.3 Å². The quantitative estimate of drug-likeness (QED) is 0.542. The molecule has 3 aromatic carbocycles. The van der Waals surface area contributed by atoms with Crippen molar-refractivity contribution < 1.29 is 9.52 Å². The van der Waals surface area contributed by atoms with Gasteiger partial charge in [0.15, 0.2) is 0 Å². The van der Waals surface area contributed by atoms with E-state index in [1.165, 1.54) is 0 Å². The van der Waals surface area contributed by atoms with Gasteiger partial charge in [-0.3, -0.25) is 0 Å². The smallest absolute Gasteiger partial charge is 0.135 e. The number of aliphatic hydroxyl groups excluding tert-OH is 1. The lowest BCUT2D eigenvalue weighted by Crippen LogP contribution is -1.99. The van der Waals surface area contributed by atoms with E-state index in [1.807, 2.05) is 54.6 Å². The third kappa shape index (κ3) is 2.03. The fourth-order valence-corrected chi connectivity index (χ4v) is 2.78. The molecule has 1 heterocycles. The van der Waals surface area contributed by atoms with E-state index < -0.39 is 6.10 Å². The van der Waals surface area contributed by atoms with Crippen molar-refractivity contribution in [3.63, 3.8) is 0 Å². The second kappa shape index (κ2) is 4.90. The average Bonchev–Trinajstić information content (AvgIpc) is 2.92. The first-order chi connectivity index (χ1) is 10.7. The van der Waals surface area contributed by atoms with Crippen molar-refractivity contribution in [2.75, 3.05) is 5.73 Å². The second-order valence-corrected chi connectivity index (χ2v) is 5.42. The average molecular weight is 289 g/mol. The fraction of sp³-hybridized carbons (Fsp3) is 0.0526. The number of furan rings is 1. The van der Waals surface area contributed by atoms with Crippen LogP contribution in [0.5, 0.6) is 0 Å². The van der Waals surface area contributed by atoms with Crippen LogP contribution in [-0.2, 0) is 0 Å². The number of benzene rings is 3. The van der Waals surface area contributed by atoms with Crippen LogP contribution in [0, 0.1) is 0 Å². The Kier molecular flexibility index (Phi) is 2.88. The molecule has 0 radical (unpaired) electrons. The summed E-state index contributed by atoms with van der Waals surface area (Å²) in [6.45, 7) is 0. The molecule has 0 saturated carbocycles. The second-order valence-electron chi connectivity index (χ2n) is 5.42. The first-order valence-corrected chi connectivity index (χ1v) is 7.17. The zero-order valence-corrected chi connectivity index (χ0v) is 11.9. The minimum absolute atomic E-state index is 0.684. The van der Waals surface area contributed by atoms with Gasteiger partial charge in [0.25, 0.3) is 0 Å². The molecule has 1 atom stereocenters. The molecule has 0 amide bonds. The number of aliphatic hydroxyl groups is 1. The van der Waals surface area contributed by atoms with Crippen molar-refractivity contribution in [3.05, 3.63) is 77.9 Å². The molecular weight excluding hydrogens is 274 g/mol. The van der Waals surface area contributed by atoms with Crippen LogP contribution in [0.25, 0.3) is 21.9 Å². The van der Waals surface area contributed by atoms with E-state index in [0.29, 0.717) is 5.69 Å². The van der Waals surface area contributed by atoms with Crippen LogP contribution in [0.4, 0.5) is 5.69 Å². The van der Waals surface area contributed by atoms with Crippen LogP contribution >= 0.6 is 0 Å². The SMILES string of the molecule is Nc1ccc([C@H](O)c2ccc3c(c2)oc2ccccc23)cc1. The van der Waals surface area contributed by atoms with E-state index in [4.69, 9.17) is 10.2 Å². The van der Waals surface area contributed by atoms with Crippen molar-refractivity contribution in [2.45, 2.75) is 6.10 Å². The number of rotatable bonds is 2. The van der Waals surface area contributed by atoms with Gasteiger partial charge >= 0.3 is 0 Å². The Morgan fingerprint density at radius 3 is 2.27 bits per heavy atom. The minimum atomic E-state index is -0.696. The molecular formula is C19H15NO2. The van der Waals surface area contributed by atoms with E-state index in [0.717, 1.165) is 33.1 Å². The Morgan fingerprint density at radius 1 is 0.773 bits per heavy atom. The third-order valence-corrected chi connectivity index (χ3v) is 3.97. The highest BCUT2D eigenvalue weighted by molar-refractivity contribution is 6.04. The minimum Gasteiger partial charge on any atom is -0.456 e. The van der Waals surface area contributed by atoms with Crippen LogP contribution in [0.2, 0.25) is 0 Å². The van der Waals surface area contributed by atoms with Crippen LogP contribution in [0.3, 0.4) is 0 Å². The van der Waals surface area contributed by atoms with Gasteiger partial charge in [0, 0.05) is 16.5 Å². The summed E-state index contributed by atoms with van der Waals surface area (Å²) < 4.78 is 5.87. The molecule has 0 aliphatic heterocycles. The Hall–Kier alpha value is -2.78. The molecule has 3 N–H and O–H groups in total. The van der Waals surface area contributed by atoms with Gasteiger partial charge in [-0.1, -0.05) is 42.5 Å². The van der Waals surface area contributed by atoms with Gasteiger partial charge < -0.3 is 15.3 Å². The van der Waals surface area contributed by atoms with Crippen molar-refractivity contribution in [3.8, 4) is 0 Å². The van der Waals surface area contributed by atoms with Gasteiger partial charge in [0.05, 0.1) is 0 Å². The molecule has 0 fully saturated rings. The van der Waals surface area contributed by atoms with Crippen molar-refractivity contribution in [1.29, 1.82) is 0 Å². The Morgan fingerprint density at radius 2 is 1.45 bits per heavy atom. The van der Waals surface area contributed by atoms with Crippen molar-refractivity contribution in [2.24, 2.45) is 0 Å². The van der Waals surface area contributed by atoms with E-state index in [9.17, 15) is 5.11 Å². The van der Waals surface area contributed by atoms with Crippen LogP contribution in [-0.4, -0.2) is 5.11 Å². The van der Waals surface area contributed by atoms with Gasteiger partial charge in [0.2, 0.25) is 0 Å². The Balaban J connectivity index is 1.81. The summed E-state index contributed by atoms with van der Waals surface area (Å²) >= 11 is 0. The molecule has 4 rings (SSSR count). The van der Waals surface area contributed by atoms with Gasteiger partial charge in [-0.2, -0.15) is 0 Å². The number of nitrogens with two attached hydrogens (primary N) is 1. The Bertz CT molecular complexity index is 954. The van der Waals surface area contributed by atoms with Crippen LogP contribution in [0.1, 0.15) is 17.2 Å². The van der Waals surface area contributed by atoms with Gasteiger partial charge in [-0.05, 0) is 35.4 Å². The predicted molar refractivity (Wildman–Crippen MR) is 88.6 cm³/mol. The molecule has 0 spiro atoms.